The Labute approximate surface area is 200 Å². The third-order valence-corrected chi connectivity index (χ3v) is 8.62. The number of carbonyl (C=O) groups excluding carboxylic acids is 1. The average molecular weight is 511 g/mol. The standard InChI is InChI=1S/C24H25F3N2O3S2/c1-23(14-15-7-3-4-8-15,21(30)29-22-28-18-9-5-6-10-19(18)33-22)16-11-12-20(34(2,31)32)17(13-16)24(25,26)27/h5-6,9-13,15H,3-4,7-8,14H2,1-2H3,(H,28,29,30). The molecule has 1 N–H and O–H groups in total. The first-order valence-corrected chi connectivity index (χ1v) is 13.7. The topological polar surface area (TPSA) is 76.1 Å². The van der Waals surface area contributed by atoms with Crippen molar-refractivity contribution < 1.29 is 26.4 Å². The number of sulfone groups is 1. The van der Waals surface area contributed by atoms with Crippen LogP contribution in [-0.4, -0.2) is 25.6 Å². The van der Waals surface area contributed by atoms with Crippen molar-refractivity contribution in [3.63, 3.8) is 0 Å². The molecule has 3 aromatic rings. The van der Waals surface area contributed by atoms with Crippen molar-refractivity contribution >= 4 is 42.4 Å². The van der Waals surface area contributed by atoms with Gasteiger partial charge in [-0.1, -0.05) is 55.2 Å². The Morgan fingerprint density at radius 2 is 1.82 bits per heavy atom. The molecule has 34 heavy (non-hydrogen) atoms. The summed E-state index contributed by atoms with van der Waals surface area (Å²) >= 11 is 1.29. The van der Waals surface area contributed by atoms with Crippen LogP contribution in [0.2, 0.25) is 0 Å². The van der Waals surface area contributed by atoms with Gasteiger partial charge in [0, 0.05) is 6.26 Å². The molecule has 0 spiro atoms. The maximum absolute atomic E-state index is 13.8. The number of aromatic nitrogens is 1. The van der Waals surface area contributed by atoms with Crippen LogP contribution in [0.25, 0.3) is 10.2 Å². The van der Waals surface area contributed by atoms with E-state index in [2.05, 4.69) is 10.3 Å². The lowest BCUT2D eigenvalue weighted by Crippen LogP contribution is -2.39. The lowest BCUT2D eigenvalue weighted by Gasteiger charge is -2.32. The summed E-state index contributed by atoms with van der Waals surface area (Å²) in [5, 5.41) is 3.18. The number of benzene rings is 2. The fourth-order valence-corrected chi connectivity index (χ4v) is 6.46. The average Bonchev–Trinajstić information content (AvgIpc) is 3.40. The highest BCUT2D eigenvalue weighted by atomic mass is 32.2. The fraction of sp³-hybridized carbons (Fsp3) is 0.417. The molecule has 0 aliphatic heterocycles. The molecule has 0 saturated heterocycles. The summed E-state index contributed by atoms with van der Waals surface area (Å²) in [7, 11) is -4.11. The molecule has 1 fully saturated rings. The van der Waals surface area contributed by atoms with Gasteiger partial charge in [-0.25, -0.2) is 13.4 Å². The minimum Gasteiger partial charge on any atom is -0.301 e. The second kappa shape index (κ2) is 8.96. The van der Waals surface area contributed by atoms with Gasteiger partial charge >= 0.3 is 6.18 Å². The van der Waals surface area contributed by atoms with E-state index >= 15 is 0 Å². The van der Waals surface area contributed by atoms with Crippen LogP contribution < -0.4 is 5.32 Å². The first kappa shape index (κ1) is 24.7. The van der Waals surface area contributed by atoms with Crippen LogP contribution in [0, 0.1) is 5.92 Å². The summed E-state index contributed by atoms with van der Waals surface area (Å²) in [5.74, 6) is -0.270. The number of amides is 1. The third kappa shape index (κ3) is 4.98. The van der Waals surface area contributed by atoms with Crippen LogP contribution in [0.3, 0.4) is 0 Å². The van der Waals surface area contributed by atoms with E-state index in [0.717, 1.165) is 54.3 Å². The zero-order chi connectivity index (χ0) is 24.7. The minimum absolute atomic E-state index is 0.137. The van der Waals surface area contributed by atoms with Gasteiger partial charge in [0.1, 0.15) is 0 Å². The van der Waals surface area contributed by atoms with Crippen molar-refractivity contribution in [3.8, 4) is 0 Å². The summed E-state index contributed by atoms with van der Waals surface area (Å²) in [6.45, 7) is 1.63. The molecule has 1 aromatic heterocycles. The summed E-state index contributed by atoms with van der Waals surface area (Å²) in [5.41, 5.74) is -1.70. The number of nitrogens with zero attached hydrogens (tertiary/aromatic N) is 1. The maximum atomic E-state index is 13.8. The summed E-state index contributed by atoms with van der Waals surface area (Å²) < 4.78 is 66.4. The van der Waals surface area contributed by atoms with E-state index in [4.69, 9.17) is 0 Å². The number of rotatable bonds is 6. The number of nitrogens with one attached hydrogen (secondary N) is 1. The molecule has 0 bridgehead atoms. The number of halogens is 3. The first-order valence-electron chi connectivity index (χ1n) is 11.0. The van der Waals surface area contributed by atoms with Crippen molar-refractivity contribution in [2.24, 2.45) is 5.92 Å². The number of alkyl halides is 3. The second-order valence-electron chi connectivity index (χ2n) is 9.11. The van der Waals surface area contributed by atoms with Gasteiger partial charge in [0.05, 0.1) is 26.1 Å². The van der Waals surface area contributed by atoms with E-state index in [1.165, 1.54) is 17.4 Å². The maximum Gasteiger partial charge on any atom is 0.417 e. The predicted octanol–water partition coefficient (Wildman–Crippen LogP) is 6.20. The zero-order valence-corrected chi connectivity index (χ0v) is 20.4. The van der Waals surface area contributed by atoms with Gasteiger partial charge < -0.3 is 5.32 Å². The molecule has 4 rings (SSSR count). The smallest absolute Gasteiger partial charge is 0.301 e. The van der Waals surface area contributed by atoms with E-state index in [0.29, 0.717) is 11.6 Å². The minimum atomic E-state index is -4.88. The van der Waals surface area contributed by atoms with E-state index < -0.39 is 37.8 Å². The van der Waals surface area contributed by atoms with Crippen LogP contribution in [0.5, 0.6) is 0 Å². The highest BCUT2D eigenvalue weighted by molar-refractivity contribution is 7.90. The lowest BCUT2D eigenvalue weighted by atomic mass is 9.73. The number of thiazole rings is 1. The molecule has 2 aromatic carbocycles. The molecule has 10 heteroatoms. The molecular formula is C24H25F3N2O3S2. The number of carbonyl (C=O) groups is 1. The van der Waals surface area contributed by atoms with Gasteiger partial charge in [-0.15, -0.1) is 0 Å². The SMILES string of the molecule is CC(CC1CCCC1)(C(=O)Nc1nc2ccccc2s1)c1ccc(S(C)(=O)=O)c(C(F)(F)F)c1. The number of anilines is 1. The number of hydrogen-bond acceptors (Lipinski definition) is 5. The van der Waals surface area contributed by atoms with E-state index in [-0.39, 0.29) is 11.5 Å². The molecular weight excluding hydrogens is 485 g/mol. The Hall–Kier alpha value is -2.46. The molecule has 0 radical (unpaired) electrons. The number of fused-ring (bicyclic) bond motifs is 1. The van der Waals surface area contributed by atoms with Gasteiger partial charge in [0.2, 0.25) is 5.91 Å². The van der Waals surface area contributed by atoms with E-state index in [1.54, 1.807) is 6.92 Å². The molecule has 1 aliphatic carbocycles. The molecule has 1 saturated carbocycles. The largest absolute Gasteiger partial charge is 0.417 e. The molecule has 5 nitrogen and oxygen atoms in total. The van der Waals surface area contributed by atoms with Gasteiger partial charge in [-0.05, 0) is 49.1 Å². The molecule has 1 amide bonds. The van der Waals surface area contributed by atoms with Crippen LogP contribution >= 0.6 is 11.3 Å². The second-order valence-corrected chi connectivity index (χ2v) is 12.1. The predicted molar refractivity (Wildman–Crippen MR) is 127 cm³/mol. The van der Waals surface area contributed by atoms with Crippen LogP contribution in [0.15, 0.2) is 47.4 Å². The monoisotopic (exact) mass is 510 g/mol. The first-order chi connectivity index (χ1) is 15.9. The Kier molecular flexibility index (Phi) is 6.50. The molecule has 182 valence electrons. The lowest BCUT2D eigenvalue weighted by molar-refractivity contribution is -0.140. The van der Waals surface area contributed by atoms with Crippen LogP contribution in [0.4, 0.5) is 18.3 Å². The number of para-hydroxylation sites is 1. The zero-order valence-electron chi connectivity index (χ0n) is 18.8. The van der Waals surface area contributed by atoms with E-state index in [9.17, 15) is 26.4 Å². The quantitative estimate of drug-likeness (QED) is 0.429. The molecule has 1 aliphatic rings. The van der Waals surface area contributed by atoms with Crippen molar-refractivity contribution in [2.45, 2.75) is 55.5 Å². The normalized spacial score (nSPS) is 17.1. The van der Waals surface area contributed by atoms with Crippen molar-refractivity contribution in [1.82, 2.24) is 4.98 Å². The Balaban J connectivity index is 1.77. The van der Waals surface area contributed by atoms with Crippen LogP contribution in [0.1, 0.15) is 50.2 Å². The fourth-order valence-electron chi connectivity index (χ4n) is 4.71. The summed E-state index contributed by atoms with van der Waals surface area (Å²) in [6, 6.07) is 10.5. The highest BCUT2D eigenvalue weighted by Crippen LogP contribution is 2.42. The van der Waals surface area contributed by atoms with Gasteiger partial charge in [-0.3, -0.25) is 4.79 Å². The van der Waals surface area contributed by atoms with Gasteiger partial charge in [0.15, 0.2) is 15.0 Å². The van der Waals surface area contributed by atoms with E-state index in [1.807, 2.05) is 24.3 Å². The molecule has 1 atom stereocenters. The summed E-state index contributed by atoms with van der Waals surface area (Å²) in [4.78, 5) is 17.2. The third-order valence-electron chi connectivity index (χ3n) is 6.51. The Morgan fingerprint density at radius 1 is 1.15 bits per heavy atom. The molecule has 1 heterocycles. The van der Waals surface area contributed by atoms with Crippen molar-refractivity contribution in [2.75, 3.05) is 11.6 Å². The van der Waals surface area contributed by atoms with Crippen molar-refractivity contribution in [3.05, 3.63) is 53.6 Å². The molecule has 1 unspecified atom stereocenters. The van der Waals surface area contributed by atoms with Crippen LogP contribution in [-0.2, 0) is 26.2 Å². The Bertz CT molecular complexity index is 1300. The number of hydrogen-bond donors (Lipinski definition) is 1. The van der Waals surface area contributed by atoms with Gasteiger partial charge in [0.25, 0.3) is 0 Å². The Morgan fingerprint density at radius 3 is 2.44 bits per heavy atom. The van der Waals surface area contributed by atoms with Gasteiger partial charge in [-0.2, -0.15) is 13.2 Å². The van der Waals surface area contributed by atoms with Crippen molar-refractivity contribution in [1.29, 1.82) is 0 Å². The summed E-state index contributed by atoms with van der Waals surface area (Å²) in [6.07, 6.45) is 0.0531. The highest BCUT2D eigenvalue weighted by Gasteiger charge is 2.42.